The summed E-state index contributed by atoms with van der Waals surface area (Å²) >= 11 is 1.46. The Hall–Kier alpha value is -3.18. The Balaban J connectivity index is 1.65. The zero-order valence-corrected chi connectivity index (χ0v) is 16.3. The summed E-state index contributed by atoms with van der Waals surface area (Å²) in [5.41, 5.74) is 3.76. The van der Waals surface area contributed by atoms with Crippen LogP contribution in [0.25, 0.3) is 5.57 Å². The molecule has 140 valence electrons. The van der Waals surface area contributed by atoms with Crippen LogP contribution in [-0.4, -0.2) is 23.3 Å². The minimum Gasteiger partial charge on any atom is -0.350 e. The highest BCUT2D eigenvalue weighted by Crippen LogP contribution is 2.33. The molecular weight excluding hydrogens is 368 g/mol. The number of aryl methyl sites for hydroxylation is 1. The molecular formula is C23H20N2O2S. The van der Waals surface area contributed by atoms with Crippen LogP contribution in [0.5, 0.6) is 0 Å². The Bertz CT molecular complexity index is 1040. The molecule has 1 aliphatic rings. The summed E-state index contributed by atoms with van der Waals surface area (Å²) in [7, 11) is 0. The van der Waals surface area contributed by atoms with Crippen molar-refractivity contribution in [1.29, 1.82) is 0 Å². The van der Waals surface area contributed by atoms with Gasteiger partial charge < -0.3 is 5.32 Å². The van der Waals surface area contributed by atoms with E-state index in [1.807, 2.05) is 79.0 Å². The summed E-state index contributed by atoms with van der Waals surface area (Å²) in [5, 5.41) is 5.14. The predicted octanol–water partition coefficient (Wildman–Crippen LogP) is 4.49. The number of amides is 2. The van der Waals surface area contributed by atoms with Gasteiger partial charge in [-0.25, -0.2) is 0 Å². The molecule has 2 amide bonds. The lowest BCUT2D eigenvalue weighted by Crippen LogP contribution is -2.34. The van der Waals surface area contributed by atoms with Crippen LogP contribution in [0.3, 0.4) is 0 Å². The molecule has 0 spiro atoms. The molecule has 0 atom stereocenters. The van der Waals surface area contributed by atoms with Crippen LogP contribution in [0.4, 0.5) is 5.69 Å². The second kappa shape index (κ2) is 7.82. The molecule has 4 nitrogen and oxygen atoms in total. The number of nitrogens with one attached hydrogen (secondary N) is 1. The first-order chi connectivity index (χ1) is 13.6. The Morgan fingerprint density at radius 1 is 0.893 bits per heavy atom. The molecule has 1 aliphatic heterocycles. The number of benzene rings is 2. The van der Waals surface area contributed by atoms with Gasteiger partial charge in [-0.1, -0.05) is 54.6 Å². The van der Waals surface area contributed by atoms with Crippen LogP contribution < -0.4 is 5.32 Å². The summed E-state index contributed by atoms with van der Waals surface area (Å²) in [5.74, 6) is -0.507. The third-order valence-corrected chi connectivity index (χ3v) is 5.69. The third-order valence-electron chi connectivity index (χ3n) is 4.81. The molecule has 5 heteroatoms. The zero-order valence-electron chi connectivity index (χ0n) is 15.5. The highest BCUT2D eigenvalue weighted by molar-refractivity contribution is 7.11. The van der Waals surface area contributed by atoms with Crippen LogP contribution in [-0.2, 0) is 16.0 Å². The van der Waals surface area contributed by atoms with E-state index in [4.69, 9.17) is 0 Å². The van der Waals surface area contributed by atoms with E-state index in [2.05, 4.69) is 5.32 Å². The van der Waals surface area contributed by atoms with Gasteiger partial charge in [0.05, 0.1) is 5.57 Å². The van der Waals surface area contributed by atoms with Gasteiger partial charge in [0.2, 0.25) is 0 Å². The molecule has 1 N–H and O–H groups in total. The van der Waals surface area contributed by atoms with Crippen molar-refractivity contribution in [2.24, 2.45) is 0 Å². The number of hydrogen-bond donors (Lipinski definition) is 1. The Morgan fingerprint density at radius 2 is 1.64 bits per heavy atom. The number of nitrogens with zero attached hydrogens (tertiary/aromatic N) is 1. The van der Waals surface area contributed by atoms with E-state index < -0.39 is 0 Å². The number of carbonyl (C=O) groups excluding carboxylic acids is 2. The second-order valence-corrected chi connectivity index (χ2v) is 7.61. The summed E-state index contributed by atoms with van der Waals surface area (Å²) in [6.45, 7) is 2.33. The average Bonchev–Trinajstić information content (AvgIpc) is 3.31. The number of para-hydroxylation sites is 1. The lowest BCUT2D eigenvalue weighted by atomic mass is 10.1. The van der Waals surface area contributed by atoms with Crippen molar-refractivity contribution in [1.82, 2.24) is 4.90 Å². The SMILES string of the molecule is Cc1ccccc1NC1=C(c2cccs2)C(=O)N(CCc2ccccc2)C1=O. The molecule has 0 saturated heterocycles. The fourth-order valence-corrected chi connectivity index (χ4v) is 4.05. The van der Waals surface area contributed by atoms with E-state index in [0.717, 1.165) is 21.7 Å². The van der Waals surface area contributed by atoms with Gasteiger partial charge in [-0.3, -0.25) is 14.5 Å². The largest absolute Gasteiger partial charge is 0.350 e. The normalized spacial score (nSPS) is 14.1. The van der Waals surface area contributed by atoms with Crippen molar-refractivity contribution < 1.29 is 9.59 Å². The van der Waals surface area contributed by atoms with Crippen molar-refractivity contribution in [2.75, 3.05) is 11.9 Å². The molecule has 0 radical (unpaired) electrons. The number of carbonyl (C=O) groups is 2. The van der Waals surface area contributed by atoms with Crippen LogP contribution in [0.1, 0.15) is 16.0 Å². The van der Waals surface area contributed by atoms with Crippen molar-refractivity contribution in [3.63, 3.8) is 0 Å². The van der Waals surface area contributed by atoms with Gasteiger partial charge in [0.1, 0.15) is 5.70 Å². The van der Waals surface area contributed by atoms with E-state index in [1.165, 1.54) is 16.2 Å². The molecule has 1 aromatic heterocycles. The number of thiophene rings is 1. The highest BCUT2D eigenvalue weighted by atomic mass is 32.1. The predicted molar refractivity (Wildman–Crippen MR) is 113 cm³/mol. The molecule has 3 aromatic rings. The molecule has 0 fully saturated rings. The molecule has 0 unspecified atom stereocenters. The fraction of sp³-hybridized carbons (Fsp3) is 0.130. The molecule has 0 aliphatic carbocycles. The van der Waals surface area contributed by atoms with Crippen molar-refractivity contribution in [3.05, 3.63) is 93.8 Å². The summed E-state index contributed by atoms with van der Waals surface area (Å²) in [4.78, 5) is 28.4. The minimum atomic E-state index is -0.271. The quantitative estimate of drug-likeness (QED) is 0.633. The first-order valence-electron chi connectivity index (χ1n) is 9.16. The van der Waals surface area contributed by atoms with Crippen molar-refractivity contribution in [3.8, 4) is 0 Å². The first-order valence-corrected chi connectivity index (χ1v) is 10.0. The minimum absolute atomic E-state index is 0.237. The lowest BCUT2D eigenvalue weighted by molar-refractivity contribution is -0.136. The van der Waals surface area contributed by atoms with Crippen LogP contribution in [0, 0.1) is 6.92 Å². The zero-order chi connectivity index (χ0) is 19.5. The van der Waals surface area contributed by atoms with Gasteiger partial charge >= 0.3 is 0 Å². The Labute approximate surface area is 168 Å². The standard InChI is InChI=1S/C23H20N2O2S/c1-16-8-5-6-11-18(16)24-21-20(19-12-7-15-28-19)22(26)25(23(21)27)14-13-17-9-3-2-4-10-17/h2-12,15,24H,13-14H2,1H3. The van der Waals surface area contributed by atoms with Gasteiger partial charge in [0, 0.05) is 17.1 Å². The van der Waals surface area contributed by atoms with E-state index in [9.17, 15) is 9.59 Å². The Kier molecular flexibility index (Phi) is 5.08. The number of imide groups is 1. The van der Waals surface area contributed by atoms with Crippen LogP contribution >= 0.6 is 11.3 Å². The summed E-state index contributed by atoms with van der Waals surface area (Å²) in [6.07, 6.45) is 0.633. The van der Waals surface area contributed by atoms with Gasteiger partial charge in [0.25, 0.3) is 11.8 Å². The van der Waals surface area contributed by atoms with Gasteiger partial charge in [0.15, 0.2) is 0 Å². The van der Waals surface area contributed by atoms with Crippen molar-refractivity contribution in [2.45, 2.75) is 13.3 Å². The molecule has 28 heavy (non-hydrogen) atoms. The highest BCUT2D eigenvalue weighted by Gasteiger charge is 2.39. The molecule has 2 aromatic carbocycles. The number of anilines is 1. The monoisotopic (exact) mass is 388 g/mol. The van der Waals surface area contributed by atoms with E-state index in [0.29, 0.717) is 24.2 Å². The van der Waals surface area contributed by atoms with Crippen LogP contribution in [0.15, 0.2) is 77.8 Å². The van der Waals surface area contributed by atoms with E-state index in [-0.39, 0.29) is 11.8 Å². The lowest BCUT2D eigenvalue weighted by Gasteiger charge is -2.15. The fourth-order valence-electron chi connectivity index (χ4n) is 3.28. The van der Waals surface area contributed by atoms with E-state index >= 15 is 0 Å². The smallest absolute Gasteiger partial charge is 0.278 e. The number of hydrogen-bond acceptors (Lipinski definition) is 4. The second-order valence-electron chi connectivity index (χ2n) is 6.66. The van der Waals surface area contributed by atoms with Gasteiger partial charge in [-0.2, -0.15) is 0 Å². The van der Waals surface area contributed by atoms with E-state index in [1.54, 1.807) is 0 Å². The van der Waals surface area contributed by atoms with Crippen molar-refractivity contribution >= 4 is 34.4 Å². The maximum Gasteiger partial charge on any atom is 0.278 e. The van der Waals surface area contributed by atoms with Gasteiger partial charge in [-0.05, 0) is 42.0 Å². The molecule has 4 rings (SSSR count). The average molecular weight is 388 g/mol. The topological polar surface area (TPSA) is 49.4 Å². The molecule has 0 bridgehead atoms. The Morgan fingerprint density at radius 3 is 2.36 bits per heavy atom. The number of rotatable bonds is 6. The summed E-state index contributed by atoms with van der Waals surface area (Å²) < 4.78 is 0. The molecule has 2 heterocycles. The third kappa shape index (κ3) is 3.49. The summed E-state index contributed by atoms with van der Waals surface area (Å²) in [6, 6.07) is 21.4. The van der Waals surface area contributed by atoms with Gasteiger partial charge in [-0.15, -0.1) is 11.3 Å². The first kappa shape index (κ1) is 18.2. The maximum atomic E-state index is 13.1. The maximum absolute atomic E-state index is 13.1. The van der Waals surface area contributed by atoms with Crippen LogP contribution in [0.2, 0.25) is 0 Å². The molecule has 0 saturated carbocycles.